The van der Waals surface area contributed by atoms with Crippen LogP contribution in [0.15, 0.2) is 22.7 Å². The molecule has 2 aromatic rings. The molecule has 0 amide bonds. The summed E-state index contributed by atoms with van der Waals surface area (Å²) in [6.45, 7) is 4.35. The Morgan fingerprint density at radius 2 is 2.06 bits per heavy atom. The fourth-order valence-corrected chi connectivity index (χ4v) is 4.64. The third kappa shape index (κ3) is 2.81. The minimum absolute atomic E-state index is 0.329. The molecule has 0 radical (unpaired) electrons. The van der Waals surface area contributed by atoms with E-state index in [2.05, 4.69) is 53.3 Å². The van der Waals surface area contributed by atoms with Crippen LogP contribution in [-0.4, -0.2) is 7.05 Å². The van der Waals surface area contributed by atoms with Crippen LogP contribution < -0.4 is 5.32 Å². The van der Waals surface area contributed by atoms with Crippen LogP contribution in [0.2, 0.25) is 0 Å². The molecule has 0 fully saturated rings. The third-order valence-electron chi connectivity index (χ3n) is 2.76. The highest BCUT2D eigenvalue weighted by Crippen LogP contribution is 2.36. The van der Waals surface area contributed by atoms with E-state index in [1.54, 1.807) is 0 Å². The second-order valence-corrected chi connectivity index (χ2v) is 7.27. The van der Waals surface area contributed by atoms with Gasteiger partial charge in [-0.25, -0.2) is 0 Å². The lowest BCUT2D eigenvalue weighted by atomic mass is 10.2. The van der Waals surface area contributed by atoms with E-state index < -0.39 is 0 Å². The Morgan fingerprint density at radius 3 is 2.53 bits per heavy atom. The molecule has 2 heterocycles. The van der Waals surface area contributed by atoms with E-state index in [1.807, 2.05) is 29.7 Å². The topological polar surface area (TPSA) is 12.0 Å². The highest BCUT2D eigenvalue weighted by molar-refractivity contribution is 9.10. The molecule has 0 aliphatic carbocycles. The summed E-state index contributed by atoms with van der Waals surface area (Å²) in [6.07, 6.45) is 1.12. The number of hydrogen-bond donors (Lipinski definition) is 1. The van der Waals surface area contributed by atoms with E-state index >= 15 is 0 Å². The van der Waals surface area contributed by atoms with Crippen molar-refractivity contribution in [1.82, 2.24) is 5.32 Å². The molecule has 0 aromatic carbocycles. The summed E-state index contributed by atoms with van der Waals surface area (Å²) in [7, 11) is 2.03. The number of rotatable bonds is 4. The molecule has 0 aliphatic heterocycles. The van der Waals surface area contributed by atoms with E-state index in [-0.39, 0.29) is 0 Å². The number of hydrogen-bond acceptors (Lipinski definition) is 3. The molecule has 1 atom stereocenters. The fourth-order valence-electron chi connectivity index (χ4n) is 1.79. The van der Waals surface area contributed by atoms with Crippen molar-refractivity contribution in [2.24, 2.45) is 0 Å². The molecular weight excluding hydrogens is 314 g/mol. The molecule has 92 valence electrons. The average Bonchev–Trinajstić information content (AvgIpc) is 2.89. The number of nitrogens with one attached hydrogen (secondary N) is 1. The first-order valence-corrected chi connectivity index (χ1v) is 8.10. The standard InChI is InChI=1S/C13H16BrNS2/c1-4-9-5-6-11(17-9)13(15-3)12-7-10(14)8(2)16-12/h5-7,13,15H,4H2,1-3H3. The molecule has 0 saturated carbocycles. The fraction of sp³-hybridized carbons (Fsp3) is 0.385. The SMILES string of the molecule is CCc1ccc(C(NC)c2cc(Br)c(C)s2)s1. The van der Waals surface area contributed by atoms with Crippen molar-refractivity contribution < 1.29 is 0 Å². The van der Waals surface area contributed by atoms with Crippen molar-refractivity contribution in [1.29, 1.82) is 0 Å². The quantitative estimate of drug-likeness (QED) is 0.853. The van der Waals surface area contributed by atoms with Crippen molar-refractivity contribution >= 4 is 38.6 Å². The average molecular weight is 330 g/mol. The van der Waals surface area contributed by atoms with Gasteiger partial charge in [0.15, 0.2) is 0 Å². The van der Waals surface area contributed by atoms with Gasteiger partial charge >= 0.3 is 0 Å². The zero-order chi connectivity index (χ0) is 12.4. The van der Waals surface area contributed by atoms with Gasteiger partial charge in [-0.3, -0.25) is 0 Å². The Morgan fingerprint density at radius 1 is 1.29 bits per heavy atom. The molecule has 4 heteroatoms. The van der Waals surface area contributed by atoms with E-state index in [1.165, 1.54) is 24.0 Å². The highest BCUT2D eigenvalue weighted by atomic mass is 79.9. The van der Waals surface area contributed by atoms with Crippen molar-refractivity contribution in [3.63, 3.8) is 0 Å². The van der Waals surface area contributed by atoms with Gasteiger partial charge < -0.3 is 5.32 Å². The van der Waals surface area contributed by atoms with Gasteiger partial charge in [-0.05, 0) is 54.5 Å². The molecule has 1 unspecified atom stereocenters. The first-order chi connectivity index (χ1) is 8.15. The molecule has 0 bridgehead atoms. The second-order valence-electron chi connectivity index (χ2n) is 3.93. The number of aryl methyl sites for hydroxylation is 2. The van der Waals surface area contributed by atoms with Crippen LogP contribution in [0.25, 0.3) is 0 Å². The van der Waals surface area contributed by atoms with Crippen LogP contribution in [0.5, 0.6) is 0 Å². The molecule has 0 spiro atoms. The largest absolute Gasteiger partial charge is 0.308 e. The minimum Gasteiger partial charge on any atom is -0.308 e. The Hall–Kier alpha value is -0.160. The lowest BCUT2D eigenvalue weighted by Gasteiger charge is -2.12. The van der Waals surface area contributed by atoms with Gasteiger partial charge in [-0.1, -0.05) is 6.92 Å². The molecule has 0 saturated heterocycles. The van der Waals surface area contributed by atoms with Gasteiger partial charge in [-0.2, -0.15) is 0 Å². The molecule has 2 rings (SSSR count). The van der Waals surface area contributed by atoms with Crippen molar-refractivity contribution in [3.05, 3.63) is 42.2 Å². The lowest BCUT2D eigenvalue weighted by Crippen LogP contribution is -2.14. The predicted octanol–water partition coefficient (Wildman–Crippen LogP) is 4.75. The Labute approximate surface area is 119 Å². The predicted molar refractivity (Wildman–Crippen MR) is 81.4 cm³/mol. The summed E-state index contributed by atoms with van der Waals surface area (Å²) in [6, 6.07) is 7.04. The summed E-state index contributed by atoms with van der Waals surface area (Å²) < 4.78 is 1.21. The van der Waals surface area contributed by atoms with Crippen LogP contribution in [0.3, 0.4) is 0 Å². The van der Waals surface area contributed by atoms with Gasteiger partial charge in [0.05, 0.1) is 6.04 Å². The Kier molecular flexibility index (Phi) is 4.42. The maximum atomic E-state index is 3.59. The number of thiophene rings is 2. The second kappa shape index (κ2) is 5.65. The summed E-state index contributed by atoms with van der Waals surface area (Å²) in [4.78, 5) is 5.57. The molecule has 2 aromatic heterocycles. The molecule has 1 N–H and O–H groups in total. The normalized spacial score (nSPS) is 12.9. The summed E-state index contributed by atoms with van der Waals surface area (Å²) in [5, 5.41) is 3.41. The van der Waals surface area contributed by atoms with Crippen molar-refractivity contribution in [3.8, 4) is 0 Å². The highest BCUT2D eigenvalue weighted by Gasteiger charge is 2.17. The van der Waals surface area contributed by atoms with E-state index in [4.69, 9.17) is 0 Å². The van der Waals surface area contributed by atoms with Crippen LogP contribution in [0.4, 0.5) is 0 Å². The van der Waals surface area contributed by atoms with Gasteiger partial charge in [0.2, 0.25) is 0 Å². The first-order valence-electron chi connectivity index (χ1n) is 5.67. The zero-order valence-corrected chi connectivity index (χ0v) is 13.4. The summed E-state index contributed by atoms with van der Waals surface area (Å²) in [5.74, 6) is 0. The van der Waals surface area contributed by atoms with Crippen LogP contribution >= 0.6 is 38.6 Å². The Bertz CT molecular complexity index is 482. The lowest BCUT2D eigenvalue weighted by molar-refractivity contribution is 0.716. The third-order valence-corrected chi connectivity index (χ3v) is 6.26. The Balaban J connectivity index is 2.32. The molecule has 1 nitrogen and oxygen atoms in total. The van der Waals surface area contributed by atoms with Crippen molar-refractivity contribution in [2.75, 3.05) is 7.05 Å². The van der Waals surface area contributed by atoms with Crippen LogP contribution in [0, 0.1) is 6.92 Å². The monoisotopic (exact) mass is 329 g/mol. The van der Waals surface area contributed by atoms with E-state index in [0.29, 0.717) is 6.04 Å². The molecular formula is C13H16BrNS2. The molecule has 17 heavy (non-hydrogen) atoms. The van der Waals surface area contributed by atoms with E-state index in [9.17, 15) is 0 Å². The van der Waals surface area contributed by atoms with Gasteiger partial charge in [-0.15, -0.1) is 22.7 Å². The first kappa shape index (κ1) is 13.3. The maximum Gasteiger partial charge on any atom is 0.0763 e. The smallest absolute Gasteiger partial charge is 0.0763 e. The van der Waals surface area contributed by atoms with Gasteiger partial charge in [0.1, 0.15) is 0 Å². The van der Waals surface area contributed by atoms with Crippen molar-refractivity contribution in [2.45, 2.75) is 26.3 Å². The van der Waals surface area contributed by atoms with Crippen LogP contribution in [-0.2, 0) is 6.42 Å². The summed E-state index contributed by atoms with van der Waals surface area (Å²) in [5.41, 5.74) is 0. The maximum absolute atomic E-state index is 3.59. The minimum atomic E-state index is 0.329. The summed E-state index contributed by atoms with van der Waals surface area (Å²) >= 11 is 7.35. The molecule has 0 aliphatic rings. The number of halogens is 1. The van der Waals surface area contributed by atoms with Gasteiger partial charge in [0, 0.05) is 24.0 Å². The zero-order valence-electron chi connectivity index (χ0n) is 10.2. The van der Waals surface area contributed by atoms with Crippen LogP contribution in [0.1, 0.15) is 32.5 Å². The van der Waals surface area contributed by atoms with Gasteiger partial charge in [0.25, 0.3) is 0 Å². The van der Waals surface area contributed by atoms with E-state index in [0.717, 1.165) is 6.42 Å².